The summed E-state index contributed by atoms with van der Waals surface area (Å²) in [7, 11) is -3.78. The van der Waals surface area contributed by atoms with Crippen LogP contribution in [0.5, 0.6) is 0 Å². The van der Waals surface area contributed by atoms with Crippen molar-refractivity contribution in [1.29, 1.82) is 0 Å². The number of hydrogen-bond acceptors (Lipinski definition) is 3. The van der Waals surface area contributed by atoms with Gasteiger partial charge in [0.1, 0.15) is 0 Å². The van der Waals surface area contributed by atoms with Crippen LogP contribution >= 0.6 is 15.9 Å². The Bertz CT molecular complexity index is 804. The average molecular weight is 369 g/mol. The van der Waals surface area contributed by atoms with E-state index in [2.05, 4.69) is 20.7 Å². The number of carbonyl (C=O) groups excluding carboxylic acids is 1. The summed E-state index contributed by atoms with van der Waals surface area (Å²) in [6.07, 6.45) is 0. The number of nitrogens with one attached hydrogen (secondary N) is 1. The molecule has 7 heteroatoms. The van der Waals surface area contributed by atoms with Crippen LogP contribution in [0.3, 0.4) is 0 Å². The quantitative estimate of drug-likeness (QED) is 0.868. The molecule has 2 rings (SSSR count). The number of nitrogens with two attached hydrogens (primary N) is 1. The van der Waals surface area contributed by atoms with Crippen LogP contribution in [0.4, 0.5) is 5.69 Å². The smallest absolute Gasteiger partial charge is 0.261 e. The summed E-state index contributed by atoms with van der Waals surface area (Å²) < 4.78 is 27.8. The van der Waals surface area contributed by atoms with Crippen molar-refractivity contribution in [3.8, 4) is 0 Å². The van der Waals surface area contributed by atoms with Gasteiger partial charge in [-0.15, -0.1) is 0 Å². The number of aryl methyl sites for hydroxylation is 1. The van der Waals surface area contributed by atoms with Gasteiger partial charge in [0.15, 0.2) is 0 Å². The zero-order valence-corrected chi connectivity index (χ0v) is 13.5. The van der Waals surface area contributed by atoms with Crippen LogP contribution in [0.1, 0.15) is 15.9 Å². The van der Waals surface area contributed by atoms with Gasteiger partial charge in [-0.05, 0) is 42.8 Å². The van der Waals surface area contributed by atoms with Gasteiger partial charge in [0, 0.05) is 15.7 Å². The highest BCUT2D eigenvalue weighted by Gasteiger charge is 2.17. The van der Waals surface area contributed by atoms with Gasteiger partial charge in [0.05, 0.1) is 4.90 Å². The average Bonchev–Trinajstić information content (AvgIpc) is 2.38. The summed E-state index contributed by atoms with van der Waals surface area (Å²) >= 11 is 3.27. The molecular formula is C14H13BrN2O3S. The number of halogens is 1. The van der Waals surface area contributed by atoms with Gasteiger partial charge >= 0.3 is 0 Å². The SMILES string of the molecule is Cc1ccc(S(=O)(=O)Nc2cccc(Br)c2)cc1C(N)=O. The second-order valence-electron chi connectivity index (χ2n) is 4.46. The zero-order valence-electron chi connectivity index (χ0n) is 11.1. The molecule has 0 unspecified atom stereocenters. The fraction of sp³-hybridized carbons (Fsp3) is 0.0714. The molecule has 3 N–H and O–H groups in total. The van der Waals surface area contributed by atoms with Crippen molar-refractivity contribution in [3.63, 3.8) is 0 Å². The highest BCUT2D eigenvalue weighted by molar-refractivity contribution is 9.10. The molecule has 0 radical (unpaired) electrons. The Kier molecular flexibility index (Phi) is 4.34. The van der Waals surface area contributed by atoms with Crippen molar-refractivity contribution in [2.75, 3.05) is 4.72 Å². The second kappa shape index (κ2) is 5.87. The number of hydrogen-bond donors (Lipinski definition) is 2. The Morgan fingerprint density at radius 3 is 2.52 bits per heavy atom. The lowest BCUT2D eigenvalue weighted by molar-refractivity contribution is 0.0999. The number of carbonyl (C=O) groups is 1. The molecule has 0 aliphatic heterocycles. The number of primary amides is 1. The van der Waals surface area contributed by atoms with E-state index in [1.54, 1.807) is 37.3 Å². The molecule has 0 heterocycles. The number of benzene rings is 2. The topological polar surface area (TPSA) is 89.3 Å². The van der Waals surface area contributed by atoms with Gasteiger partial charge in [-0.3, -0.25) is 9.52 Å². The zero-order chi connectivity index (χ0) is 15.6. The van der Waals surface area contributed by atoms with Crippen LogP contribution in [0, 0.1) is 6.92 Å². The fourth-order valence-electron chi connectivity index (χ4n) is 1.80. The summed E-state index contributed by atoms with van der Waals surface area (Å²) in [4.78, 5) is 11.3. The Balaban J connectivity index is 2.40. The first kappa shape index (κ1) is 15.5. The van der Waals surface area contributed by atoms with E-state index in [9.17, 15) is 13.2 Å². The molecule has 2 aromatic rings. The minimum atomic E-state index is -3.78. The van der Waals surface area contributed by atoms with E-state index < -0.39 is 15.9 Å². The minimum absolute atomic E-state index is 0.0122. The third kappa shape index (κ3) is 3.62. The Labute approximate surface area is 131 Å². The number of anilines is 1. The molecule has 0 aliphatic carbocycles. The van der Waals surface area contributed by atoms with E-state index in [1.807, 2.05) is 0 Å². The first-order valence-corrected chi connectivity index (χ1v) is 8.26. The molecule has 0 spiro atoms. The van der Waals surface area contributed by atoms with Gasteiger partial charge in [-0.25, -0.2) is 8.42 Å². The largest absolute Gasteiger partial charge is 0.366 e. The van der Waals surface area contributed by atoms with Crippen molar-refractivity contribution in [1.82, 2.24) is 0 Å². The van der Waals surface area contributed by atoms with Gasteiger partial charge in [0.2, 0.25) is 5.91 Å². The van der Waals surface area contributed by atoms with Crippen molar-refractivity contribution >= 4 is 37.5 Å². The van der Waals surface area contributed by atoms with Gasteiger partial charge in [-0.1, -0.05) is 28.1 Å². The summed E-state index contributed by atoms with van der Waals surface area (Å²) in [6.45, 7) is 1.69. The maximum absolute atomic E-state index is 12.3. The third-order valence-electron chi connectivity index (χ3n) is 2.86. The Morgan fingerprint density at radius 1 is 1.19 bits per heavy atom. The Hall–Kier alpha value is -1.86. The molecule has 0 saturated carbocycles. The van der Waals surface area contributed by atoms with Crippen LogP contribution in [0.25, 0.3) is 0 Å². The normalized spacial score (nSPS) is 11.1. The molecule has 110 valence electrons. The molecule has 21 heavy (non-hydrogen) atoms. The van der Waals surface area contributed by atoms with Crippen molar-refractivity contribution in [3.05, 3.63) is 58.1 Å². The van der Waals surface area contributed by atoms with E-state index in [1.165, 1.54) is 12.1 Å². The summed E-state index contributed by atoms with van der Waals surface area (Å²) in [6, 6.07) is 11.0. The van der Waals surface area contributed by atoms with Crippen LogP contribution in [-0.4, -0.2) is 14.3 Å². The van der Waals surface area contributed by atoms with Gasteiger partial charge < -0.3 is 5.73 Å². The number of rotatable bonds is 4. The lowest BCUT2D eigenvalue weighted by atomic mass is 10.1. The lowest BCUT2D eigenvalue weighted by Crippen LogP contribution is -2.17. The molecule has 0 saturated heterocycles. The third-order valence-corrected chi connectivity index (χ3v) is 4.73. The summed E-state index contributed by atoms with van der Waals surface area (Å²) in [5.74, 6) is -0.660. The first-order chi connectivity index (χ1) is 9.79. The predicted octanol–water partition coefficient (Wildman–Crippen LogP) is 2.66. The lowest BCUT2D eigenvalue weighted by Gasteiger charge is -2.10. The maximum Gasteiger partial charge on any atom is 0.261 e. The Morgan fingerprint density at radius 2 is 1.90 bits per heavy atom. The fourth-order valence-corrected chi connectivity index (χ4v) is 3.27. The van der Waals surface area contributed by atoms with Crippen molar-refractivity contribution in [2.45, 2.75) is 11.8 Å². The minimum Gasteiger partial charge on any atom is -0.366 e. The van der Waals surface area contributed by atoms with E-state index in [-0.39, 0.29) is 10.5 Å². The maximum atomic E-state index is 12.3. The van der Waals surface area contributed by atoms with E-state index in [4.69, 9.17) is 5.73 Å². The second-order valence-corrected chi connectivity index (χ2v) is 7.05. The molecule has 0 atom stereocenters. The number of sulfonamides is 1. The van der Waals surface area contributed by atoms with Gasteiger partial charge in [-0.2, -0.15) is 0 Å². The van der Waals surface area contributed by atoms with Crippen LogP contribution < -0.4 is 10.5 Å². The molecular weight excluding hydrogens is 356 g/mol. The highest BCUT2D eigenvalue weighted by Crippen LogP contribution is 2.21. The number of amides is 1. The summed E-state index contributed by atoms with van der Waals surface area (Å²) in [5.41, 5.74) is 6.48. The monoisotopic (exact) mass is 368 g/mol. The standard InChI is InChI=1S/C14H13BrN2O3S/c1-9-5-6-12(8-13(9)14(16)18)21(19,20)17-11-4-2-3-10(15)7-11/h2-8,17H,1H3,(H2,16,18). The first-order valence-electron chi connectivity index (χ1n) is 5.98. The molecule has 2 aromatic carbocycles. The molecule has 1 amide bonds. The van der Waals surface area contributed by atoms with Crippen molar-refractivity contribution < 1.29 is 13.2 Å². The highest BCUT2D eigenvalue weighted by atomic mass is 79.9. The van der Waals surface area contributed by atoms with Crippen molar-refractivity contribution in [2.24, 2.45) is 5.73 Å². The van der Waals surface area contributed by atoms with Gasteiger partial charge in [0.25, 0.3) is 10.0 Å². The molecule has 0 aliphatic rings. The molecule has 5 nitrogen and oxygen atoms in total. The summed E-state index contributed by atoms with van der Waals surface area (Å²) in [5, 5.41) is 0. The van der Waals surface area contributed by atoms with Crippen LogP contribution in [0.15, 0.2) is 51.8 Å². The van der Waals surface area contributed by atoms with E-state index in [0.717, 1.165) is 4.47 Å². The molecule has 0 fully saturated rings. The van der Waals surface area contributed by atoms with E-state index in [0.29, 0.717) is 11.3 Å². The van der Waals surface area contributed by atoms with E-state index >= 15 is 0 Å². The predicted molar refractivity (Wildman–Crippen MR) is 84.6 cm³/mol. The molecule has 0 aromatic heterocycles. The molecule has 0 bridgehead atoms. The van der Waals surface area contributed by atoms with Crippen LogP contribution in [0.2, 0.25) is 0 Å². The van der Waals surface area contributed by atoms with Crippen LogP contribution in [-0.2, 0) is 10.0 Å².